The van der Waals surface area contributed by atoms with Crippen molar-refractivity contribution in [2.45, 2.75) is 6.18 Å². The van der Waals surface area contributed by atoms with Gasteiger partial charge in [0.2, 0.25) is 0 Å². The normalized spacial score (nSPS) is 11.4. The number of aromatic nitrogens is 1. The van der Waals surface area contributed by atoms with Gasteiger partial charge in [-0.2, -0.15) is 13.2 Å². The lowest BCUT2D eigenvalue weighted by Gasteiger charge is -2.05. The number of carbonyl (C=O) groups excluding carboxylic acids is 1. The van der Waals surface area contributed by atoms with Crippen LogP contribution in [0.2, 0.25) is 0 Å². The maximum atomic E-state index is 12.1. The predicted molar refractivity (Wildman–Crippen MR) is 42.2 cm³/mol. The van der Waals surface area contributed by atoms with Gasteiger partial charge in [0, 0.05) is 6.20 Å². The highest BCUT2D eigenvalue weighted by molar-refractivity contribution is 6.67. The Hall–Kier alpha value is -1.30. The van der Waals surface area contributed by atoms with Crippen LogP contribution in [0.1, 0.15) is 15.9 Å². The van der Waals surface area contributed by atoms with Gasteiger partial charge in [0.15, 0.2) is 0 Å². The molecule has 1 aromatic heterocycles. The van der Waals surface area contributed by atoms with Crippen molar-refractivity contribution in [2.75, 3.05) is 0 Å². The zero-order valence-corrected chi connectivity index (χ0v) is 7.24. The van der Waals surface area contributed by atoms with Crippen molar-refractivity contribution in [3.63, 3.8) is 0 Å². The summed E-state index contributed by atoms with van der Waals surface area (Å²) in [4.78, 5) is 23.1. The van der Waals surface area contributed by atoms with Crippen molar-refractivity contribution >= 4 is 16.8 Å². The van der Waals surface area contributed by atoms with Gasteiger partial charge in [0.25, 0.3) is 10.8 Å². The summed E-state index contributed by atoms with van der Waals surface area (Å²) in [5, 5.41) is -1.22. The van der Waals surface area contributed by atoms with Gasteiger partial charge < -0.3 is 4.98 Å². The molecule has 76 valence electrons. The quantitative estimate of drug-likeness (QED) is 0.741. The van der Waals surface area contributed by atoms with Gasteiger partial charge in [-0.1, -0.05) is 0 Å². The number of rotatable bonds is 1. The standard InChI is InChI=1S/C7H3ClF3NO2/c8-5(13)4-1-3(7(9,10)11)2-12-6(4)14/h1-2H,(H,12,14). The molecule has 1 N–H and O–H groups in total. The molecule has 0 unspecified atom stereocenters. The van der Waals surface area contributed by atoms with Gasteiger partial charge in [0.1, 0.15) is 0 Å². The highest BCUT2D eigenvalue weighted by atomic mass is 35.5. The van der Waals surface area contributed by atoms with Crippen LogP contribution in [-0.4, -0.2) is 10.2 Å². The van der Waals surface area contributed by atoms with Gasteiger partial charge in [-0.25, -0.2) is 0 Å². The van der Waals surface area contributed by atoms with E-state index < -0.39 is 28.1 Å². The SMILES string of the molecule is O=C(Cl)c1cc(C(F)(F)F)c[nH]c1=O. The smallest absolute Gasteiger partial charge is 0.328 e. The van der Waals surface area contributed by atoms with Crippen LogP contribution in [0.5, 0.6) is 0 Å². The van der Waals surface area contributed by atoms with Crippen LogP contribution in [0.3, 0.4) is 0 Å². The van der Waals surface area contributed by atoms with Crippen molar-refractivity contribution in [3.8, 4) is 0 Å². The van der Waals surface area contributed by atoms with E-state index in [2.05, 4.69) is 0 Å². The first-order chi connectivity index (χ1) is 6.32. The van der Waals surface area contributed by atoms with E-state index in [0.717, 1.165) is 0 Å². The molecule has 1 heterocycles. The Morgan fingerprint density at radius 2 is 2.00 bits per heavy atom. The first-order valence-corrected chi connectivity index (χ1v) is 3.70. The van der Waals surface area contributed by atoms with Crippen LogP contribution in [0.25, 0.3) is 0 Å². The summed E-state index contributed by atoms with van der Waals surface area (Å²) in [7, 11) is 0. The monoisotopic (exact) mass is 225 g/mol. The zero-order valence-electron chi connectivity index (χ0n) is 6.48. The Kier molecular flexibility index (Phi) is 2.66. The summed E-state index contributed by atoms with van der Waals surface area (Å²) in [5.74, 6) is 0. The third-order valence-electron chi connectivity index (χ3n) is 1.44. The van der Waals surface area contributed by atoms with Crippen molar-refractivity contribution in [2.24, 2.45) is 0 Å². The summed E-state index contributed by atoms with van der Waals surface area (Å²) in [6.07, 6.45) is -4.14. The lowest BCUT2D eigenvalue weighted by atomic mass is 10.2. The second-order valence-corrected chi connectivity index (χ2v) is 2.75. The summed E-state index contributed by atoms with van der Waals surface area (Å²) < 4.78 is 36.3. The lowest BCUT2D eigenvalue weighted by Crippen LogP contribution is -2.18. The minimum absolute atomic E-state index is 0.411. The molecule has 0 saturated carbocycles. The lowest BCUT2D eigenvalue weighted by molar-refractivity contribution is -0.137. The highest BCUT2D eigenvalue weighted by Crippen LogP contribution is 2.28. The van der Waals surface area contributed by atoms with Gasteiger partial charge in [-0.15, -0.1) is 0 Å². The van der Waals surface area contributed by atoms with E-state index in [-0.39, 0.29) is 0 Å². The number of halogens is 4. The molecule has 0 aliphatic carbocycles. The van der Waals surface area contributed by atoms with E-state index in [4.69, 9.17) is 11.6 Å². The van der Waals surface area contributed by atoms with E-state index >= 15 is 0 Å². The second kappa shape index (κ2) is 3.45. The largest absolute Gasteiger partial charge is 0.417 e. The molecule has 3 nitrogen and oxygen atoms in total. The molecule has 14 heavy (non-hydrogen) atoms. The molecule has 0 saturated heterocycles. The molecule has 0 aromatic carbocycles. The number of alkyl halides is 3. The number of aromatic amines is 1. The van der Waals surface area contributed by atoms with Crippen LogP contribution in [0, 0.1) is 0 Å². The molecular formula is C7H3ClF3NO2. The van der Waals surface area contributed by atoms with Gasteiger partial charge >= 0.3 is 6.18 Å². The number of hydrogen-bond acceptors (Lipinski definition) is 2. The van der Waals surface area contributed by atoms with Crippen molar-refractivity contribution < 1.29 is 18.0 Å². The number of hydrogen-bond donors (Lipinski definition) is 1. The van der Waals surface area contributed by atoms with Crippen molar-refractivity contribution in [1.82, 2.24) is 4.98 Å². The average molecular weight is 226 g/mol. The molecule has 7 heteroatoms. The molecule has 0 amide bonds. The second-order valence-electron chi connectivity index (χ2n) is 2.40. The van der Waals surface area contributed by atoms with Crippen LogP contribution in [-0.2, 0) is 6.18 Å². The van der Waals surface area contributed by atoms with Crippen LogP contribution < -0.4 is 5.56 Å². The van der Waals surface area contributed by atoms with Gasteiger partial charge in [-0.3, -0.25) is 9.59 Å². The fraction of sp³-hybridized carbons (Fsp3) is 0.143. The summed E-state index contributed by atoms with van der Waals surface area (Å²) >= 11 is 4.90. The maximum absolute atomic E-state index is 12.1. The molecule has 0 aliphatic heterocycles. The summed E-state index contributed by atoms with van der Waals surface area (Å²) in [5.41, 5.74) is -2.79. The van der Waals surface area contributed by atoms with Crippen molar-refractivity contribution in [1.29, 1.82) is 0 Å². The molecule has 0 spiro atoms. The minimum atomic E-state index is -4.62. The Balaban J connectivity index is 3.34. The molecule has 1 rings (SSSR count). The first kappa shape index (κ1) is 10.8. The Bertz CT molecular complexity index is 424. The van der Waals surface area contributed by atoms with E-state index in [1.54, 1.807) is 4.98 Å². The predicted octanol–water partition coefficient (Wildman–Crippen LogP) is 1.77. The Morgan fingerprint density at radius 3 is 2.43 bits per heavy atom. The first-order valence-electron chi connectivity index (χ1n) is 3.32. The van der Waals surface area contributed by atoms with Gasteiger partial charge in [-0.05, 0) is 17.7 Å². The number of pyridine rings is 1. The van der Waals surface area contributed by atoms with Crippen LogP contribution >= 0.6 is 11.6 Å². The Labute approximate surface area is 80.5 Å². The number of carbonyl (C=O) groups is 1. The topological polar surface area (TPSA) is 49.9 Å². The van der Waals surface area contributed by atoms with E-state index in [1.165, 1.54) is 0 Å². The molecule has 0 fully saturated rings. The average Bonchev–Trinajstić information content (AvgIpc) is 2.02. The number of nitrogens with one attached hydrogen (secondary N) is 1. The van der Waals surface area contributed by atoms with E-state index in [0.29, 0.717) is 12.3 Å². The van der Waals surface area contributed by atoms with E-state index in [9.17, 15) is 22.8 Å². The summed E-state index contributed by atoms with van der Waals surface area (Å²) in [6, 6.07) is 0.411. The molecule has 0 atom stereocenters. The minimum Gasteiger partial charge on any atom is -0.328 e. The molecule has 0 radical (unpaired) electrons. The number of H-pyrrole nitrogens is 1. The molecule has 0 aliphatic rings. The fourth-order valence-corrected chi connectivity index (χ4v) is 0.934. The van der Waals surface area contributed by atoms with Gasteiger partial charge in [0.05, 0.1) is 11.1 Å². The zero-order chi connectivity index (χ0) is 10.9. The maximum Gasteiger partial charge on any atom is 0.417 e. The summed E-state index contributed by atoms with van der Waals surface area (Å²) in [6.45, 7) is 0. The van der Waals surface area contributed by atoms with Crippen LogP contribution in [0.15, 0.2) is 17.1 Å². The molecule has 0 bridgehead atoms. The third kappa shape index (κ3) is 2.14. The Morgan fingerprint density at radius 1 is 1.43 bits per heavy atom. The third-order valence-corrected chi connectivity index (χ3v) is 1.65. The van der Waals surface area contributed by atoms with Crippen molar-refractivity contribution in [3.05, 3.63) is 33.7 Å². The molecular weight excluding hydrogens is 223 g/mol. The van der Waals surface area contributed by atoms with E-state index in [1.807, 2.05) is 0 Å². The fourth-order valence-electron chi connectivity index (χ4n) is 0.793. The van der Waals surface area contributed by atoms with Crippen LogP contribution in [0.4, 0.5) is 13.2 Å². The molecule has 1 aromatic rings. The highest BCUT2D eigenvalue weighted by Gasteiger charge is 2.31.